The summed E-state index contributed by atoms with van der Waals surface area (Å²) in [6.45, 7) is 1.89. The van der Waals surface area contributed by atoms with Crippen molar-refractivity contribution in [2.45, 2.75) is 13.5 Å². The van der Waals surface area contributed by atoms with E-state index in [1.165, 1.54) is 6.92 Å². The SMILES string of the molecule is CC(=O)Oc1ccc(Cn2cccc2C(=O)c2ccccc2Cl)cc1. The van der Waals surface area contributed by atoms with Crippen LogP contribution in [0, 0.1) is 0 Å². The van der Waals surface area contributed by atoms with E-state index in [9.17, 15) is 9.59 Å². The van der Waals surface area contributed by atoms with Crippen LogP contribution >= 0.6 is 11.6 Å². The average molecular weight is 354 g/mol. The molecule has 0 fully saturated rings. The van der Waals surface area contributed by atoms with Crippen LogP contribution in [0.4, 0.5) is 0 Å². The molecule has 2 aromatic carbocycles. The molecule has 0 aliphatic rings. The van der Waals surface area contributed by atoms with Gasteiger partial charge in [0.05, 0.1) is 10.7 Å². The Morgan fingerprint density at radius 2 is 1.72 bits per heavy atom. The molecule has 1 heterocycles. The summed E-state index contributed by atoms with van der Waals surface area (Å²) in [7, 11) is 0. The monoisotopic (exact) mass is 353 g/mol. The summed E-state index contributed by atoms with van der Waals surface area (Å²) in [5.74, 6) is 0.0223. The number of ketones is 1. The van der Waals surface area contributed by atoms with E-state index in [0.717, 1.165) is 5.56 Å². The van der Waals surface area contributed by atoms with E-state index in [4.69, 9.17) is 16.3 Å². The summed E-state index contributed by atoms with van der Waals surface area (Å²) in [6.07, 6.45) is 1.85. The second-order valence-corrected chi connectivity index (χ2v) is 5.98. The van der Waals surface area contributed by atoms with Crippen molar-refractivity contribution in [2.75, 3.05) is 0 Å². The molecule has 0 radical (unpaired) electrons. The van der Waals surface area contributed by atoms with Crippen molar-refractivity contribution in [3.05, 3.63) is 88.7 Å². The topological polar surface area (TPSA) is 48.3 Å². The Labute approximate surface area is 150 Å². The van der Waals surface area contributed by atoms with Gasteiger partial charge in [-0.15, -0.1) is 0 Å². The Bertz CT molecular complexity index is 913. The number of ether oxygens (including phenoxy) is 1. The molecule has 0 aliphatic carbocycles. The minimum absolute atomic E-state index is 0.118. The molecule has 3 rings (SSSR count). The molecule has 0 saturated carbocycles. The summed E-state index contributed by atoms with van der Waals surface area (Å²) in [5.41, 5.74) is 2.03. The van der Waals surface area contributed by atoms with Crippen molar-refractivity contribution in [3.63, 3.8) is 0 Å². The lowest BCUT2D eigenvalue weighted by Crippen LogP contribution is -2.11. The summed E-state index contributed by atoms with van der Waals surface area (Å²) in [4.78, 5) is 23.7. The lowest BCUT2D eigenvalue weighted by molar-refractivity contribution is -0.131. The quantitative estimate of drug-likeness (QED) is 0.389. The first kappa shape index (κ1) is 17.0. The van der Waals surface area contributed by atoms with Crippen LogP contribution in [0.1, 0.15) is 28.5 Å². The molecular weight excluding hydrogens is 338 g/mol. The van der Waals surface area contributed by atoms with Crippen LogP contribution in [0.3, 0.4) is 0 Å². The van der Waals surface area contributed by atoms with Gasteiger partial charge in [0.1, 0.15) is 5.75 Å². The van der Waals surface area contributed by atoms with Crippen molar-refractivity contribution in [3.8, 4) is 5.75 Å². The van der Waals surface area contributed by atoms with Gasteiger partial charge in [0.15, 0.2) is 0 Å². The molecule has 0 aliphatic heterocycles. The number of halogens is 1. The third kappa shape index (κ3) is 3.98. The van der Waals surface area contributed by atoms with Crippen LogP contribution in [0.15, 0.2) is 66.9 Å². The van der Waals surface area contributed by atoms with Crippen LogP contribution in [0.5, 0.6) is 5.75 Å². The Balaban J connectivity index is 1.81. The van der Waals surface area contributed by atoms with Crippen molar-refractivity contribution in [1.29, 1.82) is 0 Å². The minimum Gasteiger partial charge on any atom is -0.427 e. The maximum absolute atomic E-state index is 12.8. The van der Waals surface area contributed by atoms with E-state index >= 15 is 0 Å². The van der Waals surface area contributed by atoms with Gasteiger partial charge in [-0.1, -0.05) is 35.9 Å². The van der Waals surface area contributed by atoms with Crippen molar-refractivity contribution in [1.82, 2.24) is 4.57 Å². The minimum atomic E-state index is -0.356. The second-order valence-electron chi connectivity index (χ2n) is 5.57. The van der Waals surface area contributed by atoms with Crippen molar-refractivity contribution >= 4 is 23.4 Å². The summed E-state index contributed by atoms with van der Waals surface area (Å²) >= 11 is 6.14. The number of aromatic nitrogens is 1. The van der Waals surface area contributed by atoms with E-state index in [-0.39, 0.29) is 11.8 Å². The third-order valence-corrected chi connectivity index (χ3v) is 4.05. The van der Waals surface area contributed by atoms with E-state index in [2.05, 4.69) is 0 Å². The van der Waals surface area contributed by atoms with E-state index < -0.39 is 0 Å². The molecule has 25 heavy (non-hydrogen) atoms. The van der Waals surface area contributed by atoms with E-state index in [0.29, 0.717) is 28.6 Å². The second kappa shape index (κ2) is 7.36. The summed E-state index contributed by atoms with van der Waals surface area (Å²) in [5, 5.41) is 0.436. The smallest absolute Gasteiger partial charge is 0.308 e. The number of rotatable bonds is 5. The molecule has 5 heteroatoms. The number of nitrogens with zero attached hydrogens (tertiary/aromatic N) is 1. The molecule has 4 nitrogen and oxygen atoms in total. The molecule has 0 bridgehead atoms. The molecule has 0 saturated heterocycles. The molecule has 3 aromatic rings. The van der Waals surface area contributed by atoms with Crippen LogP contribution in [-0.4, -0.2) is 16.3 Å². The number of esters is 1. The van der Waals surface area contributed by atoms with E-state index in [1.54, 1.807) is 42.5 Å². The highest BCUT2D eigenvalue weighted by molar-refractivity contribution is 6.34. The fourth-order valence-corrected chi connectivity index (χ4v) is 2.79. The van der Waals surface area contributed by atoms with Gasteiger partial charge in [-0.25, -0.2) is 0 Å². The van der Waals surface area contributed by atoms with Gasteiger partial charge in [0, 0.05) is 25.2 Å². The standard InChI is InChI=1S/C20H16ClNO3/c1-14(23)25-16-10-8-15(9-11-16)13-22-12-4-7-19(22)20(24)17-5-2-3-6-18(17)21/h2-12H,13H2,1H3. The van der Waals surface area contributed by atoms with Gasteiger partial charge in [-0.2, -0.15) is 0 Å². The zero-order chi connectivity index (χ0) is 17.8. The highest BCUT2D eigenvalue weighted by Gasteiger charge is 2.16. The first-order chi connectivity index (χ1) is 12.0. The van der Waals surface area contributed by atoms with Gasteiger partial charge < -0.3 is 9.30 Å². The number of hydrogen-bond donors (Lipinski definition) is 0. The Morgan fingerprint density at radius 3 is 2.40 bits per heavy atom. The van der Waals surface area contributed by atoms with Gasteiger partial charge in [0.2, 0.25) is 5.78 Å². The normalized spacial score (nSPS) is 10.5. The molecule has 0 spiro atoms. The third-order valence-electron chi connectivity index (χ3n) is 3.72. The number of benzene rings is 2. The molecule has 0 unspecified atom stereocenters. The maximum Gasteiger partial charge on any atom is 0.308 e. The zero-order valence-corrected chi connectivity index (χ0v) is 14.4. The molecule has 0 amide bonds. The number of carbonyl (C=O) groups excluding carboxylic acids is 2. The maximum atomic E-state index is 12.8. The van der Waals surface area contributed by atoms with Crippen LogP contribution in [0.25, 0.3) is 0 Å². The number of hydrogen-bond acceptors (Lipinski definition) is 3. The highest BCUT2D eigenvalue weighted by atomic mass is 35.5. The van der Waals surface area contributed by atoms with Crippen LogP contribution in [-0.2, 0) is 11.3 Å². The Hall–Kier alpha value is -2.85. The largest absolute Gasteiger partial charge is 0.427 e. The van der Waals surface area contributed by atoms with Gasteiger partial charge >= 0.3 is 5.97 Å². The van der Waals surface area contributed by atoms with Crippen molar-refractivity contribution in [2.24, 2.45) is 0 Å². The predicted octanol–water partition coefficient (Wildman–Crippen LogP) is 4.35. The molecule has 0 N–H and O–H groups in total. The lowest BCUT2D eigenvalue weighted by Gasteiger charge is -2.10. The fourth-order valence-electron chi connectivity index (χ4n) is 2.57. The van der Waals surface area contributed by atoms with Crippen LogP contribution < -0.4 is 4.74 Å². The fraction of sp³-hybridized carbons (Fsp3) is 0.100. The van der Waals surface area contributed by atoms with Crippen molar-refractivity contribution < 1.29 is 14.3 Å². The molecule has 1 aromatic heterocycles. The van der Waals surface area contributed by atoms with Gasteiger partial charge in [-0.05, 0) is 42.0 Å². The lowest BCUT2D eigenvalue weighted by atomic mass is 10.1. The average Bonchev–Trinajstić information content (AvgIpc) is 3.04. The van der Waals surface area contributed by atoms with E-state index in [1.807, 2.05) is 29.0 Å². The number of carbonyl (C=O) groups is 2. The zero-order valence-electron chi connectivity index (χ0n) is 13.6. The summed E-state index contributed by atoms with van der Waals surface area (Å²) < 4.78 is 6.89. The molecule has 126 valence electrons. The van der Waals surface area contributed by atoms with Crippen LogP contribution in [0.2, 0.25) is 5.02 Å². The summed E-state index contributed by atoms with van der Waals surface area (Å²) in [6, 6.07) is 17.8. The van der Waals surface area contributed by atoms with Gasteiger partial charge in [0.25, 0.3) is 0 Å². The Kier molecular flexibility index (Phi) is 5.00. The first-order valence-electron chi connectivity index (χ1n) is 7.76. The van der Waals surface area contributed by atoms with Gasteiger partial charge in [-0.3, -0.25) is 9.59 Å². The Morgan fingerprint density at radius 1 is 1.00 bits per heavy atom. The first-order valence-corrected chi connectivity index (χ1v) is 8.14. The molecular formula is C20H16ClNO3. The highest BCUT2D eigenvalue weighted by Crippen LogP contribution is 2.20. The molecule has 0 atom stereocenters. The predicted molar refractivity (Wildman–Crippen MR) is 96.2 cm³/mol.